The van der Waals surface area contributed by atoms with Crippen molar-refractivity contribution in [3.63, 3.8) is 0 Å². The first-order chi connectivity index (χ1) is 11.6. The molecule has 1 unspecified atom stereocenters. The third-order valence-electron chi connectivity index (χ3n) is 4.48. The molecule has 1 heterocycles. The summed E-state index contributed by atoms with van der Waals surface area (Å²) in [5.74, 6) is 0.920. The molecule has 0 bridgehead atoms. The van der Waals surface area contributed by atoms with Crippen LogP contribution in [0.3, 0.4) is 0 Å². The maximum Gasteiger partial charge on any atom is 0.193 e. The molecule has 1 aliphatic heterocycles. The lowest BCUT2D eigenvalue weighted by atomic mass is 10.2. The van der Waals surface area contributed by atoms with Crippen molar-refractivity contribution in [3.8, 4) is 0 Å². The molecule has 1 aromatic carbocycles. The first-order valence-corrected chi connectivity index (χ1v) is 8.91. The summed E-state index contributed by atoms with van der Waals surface area (Å²) in [6.07, 6.45) is 2.49. The number of rotatable bonds is 7. The standard InChI is InChI=1S/C18H29ClN4O/c1-20-18(22(2)14-15-6-8-16(19)9-7-15)21-13-17-5-4-10-23(17)11-12-24-3/h6-9,17H,4-5,10-14H2,1-3H3,(H,20,21). The third kappa shape index (κ3) is 5.65. The summed E-state index contributed by atoms with van der Waals surface area (Å²) in [7, 11) is 5.65. The van der Waals surface area contributed by atoms with Crippen LogP contribution in [0.4, 0.5) is 0 Å². The summed E-state index contributed by atoms with van der Waals surface area (Å²) >= 11 is 5.95. The first-order valence-electron chi connectivity index (χ1n) is 8.53. The minimum absolute atomic E-state index is 0.556. The van der Waals surface area contributed by atoms with Crippen LogP contribution >= 0.6 is 11.6 Å². The van der Waals surface area contributed by atoms with Gasteiger partial charge in [0.1, 0.15) is 0 Å². The van der Waals surface area contributed by atoms with Gasteiger partial charge < -0.3 is 15.0 Å². The van der Waals surface area contributed by atoms with Gasteiger partial charge in [-0.3, -0.25) is 9.89 Å². The second kappa shape index (κ2) is 9.87. The number of nitrogens with zero attached hydrogens (tertiary/aromatic N) is 3. The molecule has 0 aliphatic carbocycles. The SMILES string of the molecule is CN=C(NCC1CCCN1CCOC)N(C)Cc1ccc(Cl)cc1. The molecule has 1 atom stereocenters. The molecule has 0 aromatic heterocycles. The molecular formula is C18H29ClN4O. The van der Waals surface area contributed by atoms with Crippen molar-refractivity contribution in [3.05, 3.63) is 34.9 Å². The Morgan fingerprint density at radius 1 is 1.42 bits per heavy atom. The highest BCUT2D eigenvalue weighted by molar-refractivity contribution is 6.30. The van der Waals surface area contributed by atoms with Gasteiger partial charge in [-0.15, -0.1) is 0 Å². The zero-order valence-corrected chi connectivity index (χ0v) is 15.7. The van der Waals surface area contributed by atoms with E-state index in [1.54, 1.807) is 7.11 Å². The molecular weight excluding hydrogens is 324 g/mol. The molecule has 0 spiro atoms. The van der Waals surface area contributed by atoms with E-state index in [1.165, 1.54) is 18.4 Å². The van der Waals surface area contributed by atoms with E-state index in [-0.39, 0.29) is 0 Å². The Labute approximate surface area is 150 Å². The summed E-state index contributed by atoms with van der Waals surface area (Å²) in [6.45, 7) is 4.68. The van der Waals surface area contributed by atoms with Gasteiger partial charge in [0.2, 0.25) is 0 Å². The molecule has 0 radical (unpaired) electrons. The fourth-order valence-electron chi connectivity index (χ4n) is 3.16. The number of nitrogens with one attached hydrogen (secondary N) is 1. The van der Waals surface area contributed by atoms with Crippen molar-refractivity contribution in [2.75, 3.05) is 47.4 Å². The number of ether oxygens (including phenoxy) is 1. The van der Waals surface area contributed by atoms with Gasteiger partial charge in [-0.25, -0.2) is 0 Å². The Hall–Kier alpha value is -1.30. The van der Waals surface area contributed by atoms with Crippen LogP contribution in [-0.4, -0.2) is 69.2 Å². The predicted molar refractivity (Wildman–Crippen MR) is 101 cm³/mol. The van der Waals surface area contributed by atoms with E-state index >= 15 is 0 Å². The molecule has 1 N–H and O–H groups in total. The van der Waals surface area contributed by atoms with Gasteiger partial charge >= 0.3 is 0 Å². The normalized spacial score (nSPS) is 18.8. The van der Waals surface area contributed by atoms with E-state index in [1.807, 2.05) is 19.2 Å². The van der Waals surface area contributed by atoms with Crippen molar-refractivity contribution < 1.29 is 4.74 Å². The fraction of sp³-hybridized carbons (Fsp3) is 0.611. The summed E-state index contributed by atoms with van der Waals surface area (Å²) in [5, 5.41) is 4.28. The minimum atomic E-state index is 0.556. The molecule has 24 heavy (non-hydrogen) atoms. The Kier molecular flexibility index (Phi) is 7.82. The Morgan fingerprint density at radius 3 is 2.83 bits per heavy atom. The lowest BCUT2D eigenvalue weighted by Gasteiger charge is -2.27. The van der Waals surface area contributed by atoms with Crippen LogP contribution in [0, 0.1) is 0 Å². The predicted octanol–water partition coefficient (Wildman–Crippen LogP) is 2.46. The highest BCUT2D eigenvalue weighted by Gasteiger charge is 2.24. The van der Waals surface area contributed by atoms with Gasteiger partial charge in [0, 0.05) is 51.9 Å². The zero-order chi connectivity index (χ0) is 17.4. The summed E-state index contributed by atoms with van der Waals surface area (Å²) in [4.78, 5) is 9.05. The van der Waals surface area contributed by atoms with Crippen LogP contribution in [0.2, 0.25) is 5.02 Å². The molecule has 1 aromatic rings. The molecule has 1 aliphatic rings. The number of likely N-dealkylation sites (tertiary alicyclic amines) is 1. The number of benzene rings is 1. The maximum atomic E-state index is 5.95. The van der Waals surface area contributed by atoms with E-state index in [4.69, 9.17) is 16.3 Å². The lowest BCUT2D eigenvalue weighted by molar-refractivity contribution is 0.141. The van der Waals surface area contributed by atoms with Crippen LogP contribution in [0.25, 0.3) is 0 Å². The lowest BCUT2D eigenvalue weighted by Crippen LogP contribution is -2.45. The number of hydrogen-bond acceptors (Lipinski definition) is 3. The average Bonchev–Trinajstić information content (AvgIpc) is 3.03. The van der Waals surface area contributed by atoms with Gasteiger partial charge in [0.25, 0.3) is 0 Å². The topological polar surface area (TPSA) is 40.1 Å². The largest absolute Gasteiger partial charge is 0.383 e. The summed E-state index contributed by atoms with van der Waals surface area (Å²) in [5.41, 5.74) is 1.22. The number of aliphatic imine (C=N–C) groups is 1. The molecule has 6 heteroatoms. The quantitative estimate of drug-likeness (QED) is 0.604. The second-order valence-electron chi connectivity index (χ2n) is 6.24. The number of guanidine groups is 1. The van der Waals surface area contributed by atoms with Crippen LogP contribution in [0.5, 0.6) is 0 Å². The van der Waals surface area contributed by atoms with Crippen molar-refractivity contribution in [1.82, 2.24) is 15.1 Å². The monoisotopic (exact) mass is 352 g/mol. The highest BCUT2D eigenvalue weighted by atomic mass is 35.5. The van der Waals surface area contributed by atoms with Crippen LogP contribution in [0.1, 0.15) is 18.4 Å². The van der Waals surface area contributed by atoms with E-state index < -0.39 is 0 Å². The van der Waals surface area contributed by atoms with Crippen LogP contribution in [-0.2, 0) is 11.3 Å². The Balaban J connectivity index is 1.83. The van der Waals surface area contributed by atoms with Crippen molar-refractivity contribution in [2.45, 2.75) is 25.4 Å². The third-order valence-corrected chi connectivity index (χ3v) is 4.74. The second-order valence-corrected chi connectivity index (χ2v) is 6.67. The molecule has 0 amide bonds. The number of halogens is 1. The summed E-state index contributed by atoms with van der Waals surface area (Å²) < 4.78 is 5.21. The average molecular weight is 353 g/mol. The zero-order valence-electron chi connectivity index (χ0n) is 15.0. The molecule has 2 rings (SSSR count). The van der Waals surface area contributed by atoms with Crippen molar-refractivity contribution >= 4 is 17.6 Å². The van der Waals surface area contributed by atoms with Crippen molar-refractivity contribution in [2.24, 2.45) is 4.99 Å². The highest BCUT2D eigenvalue weighted by Crippen LogP contribution is 2.16. The van der Waals surface area contributed by atoms with Crippen molar-refractivity contribution in [1.29, 1.82) is 0 Å². The smallest absolute Gasteiger partial charge is 0.193 e. The van der Waals surface area contributed by atoms with E-state index in [0.29, 0.717) is 6.04 Å². The fourth-order valence-corrected chi connectivity index (χ4v) is 3.29. The van der Waals surface area contributed by atoms with Crippen LogP contribution < -0.4 is 5.32 Å². The van der Waals surface area contributed by atoms with Gasteiger partial charge in [-0.2, -0.15) is 0 Å². The van der Waals surface area contributed by atoms with Gasteiger partial charge in [0.05, 0.1) is 6.61 Å². The van der Waals surface area contributed by atoms with Crippen LogP contribution in [0.15, 0.2) is 29.3 Å². The van der Waals surface area contributed by atoms with Gasteiger partial charge in [0.15, 0.2) is 5.96 Å². The molecule has 1 fully saturated rings. The number of hydrogen-bond donors (Lipinski definition) is 1. The first kappa shape index (κ1) is 19.0. The molecule has 0 saturated carbocycles. The van der Waals surface area contributed by atoms with E-state index in [9.17, 15) is 0 Å². The molecule has 1 saturated heterocycles. The molecule has 134 valence electrons. The Bertz CT molecular complexity index is 520. The number of methoxy groups -OCH3 is 1. The summed E-state index contributed by atoms with van der Waals surface area (Å²) in [6, 6.07) is 8.51. The van der Waals surface area contributed by atoms with Gasteiger partial charge in [-0.1, -0.05) is 23.7 Å². The van der Waals surface area contributed by atoms with E-state index in [0.717, 1.165) is 43.8 Å². The minimum Gasteiger partial charge on any atom is -0.383 e. The van der Waals surface area contributed by atoms with Gasteiger partial charge in [-0.05, 0) is 37.1 Å². The maximum absolute atomic E-state index is 5.95. The molecule has 5 nitrogen and oxygen atoms in total. The Morgan fingerprint density at radius 2 is 2.17 bits per heavy atom. The van der Waals surface area contributed by atoms with E-state index in [2.05, 4.69) is 39.3 Å².